The van der Waals surface area contributed by atoms with Crippen LogP contribution in [0.4, 0.5) is 0 Å². The maximum Gasteiger partial charge on any atom is 0.334 e. The highest BCUT2D eigenvalue weighted by Gasteiger charge is 2.56. The van der Waals surface area contributed by atoms with Gasteiger partial charge in [-0.3, -0.25) is 4.79 Å². The van der Waals surface area contributed by atoms with Crippen molar-refractivity contribution in [2.75, 3.05) is 0 Å². The standard InChI is InChI=1S/C22H32O6/c1-13-8-6-9-21(4,25)10-7-11-22(5)17(28-22)12-16-14(2)20(24)27-19(16)18(13)26-15(3)23/h7,10,13,16-19,25H,2,6,8-9,11-12H2,1,3-5H3/b10-7-/t13-,16+,17-,18+,19-,21?,22-/m1/s1. The predicted molar refractivity (Wildman–Crippen MR) is 103 cm³/mol. The van der Waals surface area contributed by atoms with Gasteiger partial charge in [0.1, 0.15) is 12.2 Å². The van der Waals surface area contributed by atoms with Crippen molar-refractivity contribution in [1.29, 1.82) is 0 Å². The van der Waals surface area contributed by atoms with E-state index >= 15 is 0 Å². The predicted octanol–water partition coefficient (Wildman–Crippen LogP) is 3.08. The maximum absolute atomic E-state index is 12.3. The van der Waals surface area contributed by atoms with Gasteiger partial charge in [-0.2, -0.15) is 0 Å². The van der Waals surface area contributed by atoms with Gasteiger partial charge in [-0.1, -0.05) is 25.7 Å². The fourth-order valence-electron chi connectivity index (χ4n) is 4.48. The minimum atomic E-state index is -0.891. The molecule has 0 aromatic heterocycles. The summed E-state index contributed by atoms with van der Waals surface area (Å²) in [5, 5.41) is 10.6. The monoisotopic (exact) mass is 392 g/mol. The van der Waals surface area contributed by atoms with Crippen LogP contribution >= 0.6 is 0 Å². The Balaban J connectivity index is 1.89. The molecule has 156 valence electrons. The highest BCUT2D eigenvalue weighted by atomic mass is 16.6. The number of aliphatic hydroxyl groups is 1. The molecule has 1 unspecified atom stereocenters. The maximum atomic E-state index is 12.3. The van der Waals surface area contributed by atoms with E-state index in [4.69, 9.17) is 14.2 Å². The molecule has 2 saturated heterocycles. The Morgan fingerprint density at radius 2 is 2.11 bits per heavy atom. The smallest absolute Gasteiger partial charge is 0.334 e. The van der Waals surface area contributed by atoms with Crippen LogP contribution in [0.1, 0.15) is 59.8 Å². The van der Waals surface area contributed by atoms with Crippen LogP contribution in [0.2, 0.25) is 0 Å². The normalized spacial score (nSPS) is 45.2. The third kappa shape index (κ3) is 4.49. The highest BCUT2D eigenvalue weighted by Crippen LogP contribution is 2.47. The minimum Gasteiger partial charge on any atom is -0.458 e. The Hall–Kier alpha value is -1.66. The average Bonchev–Trinajstić information content (AvgIpc) is 3.13. The van der Waals surface area contributed by atoms with Gasteiger partial charge in [-0.25, -0.2) is 4.79 Å². The van der Waals surface area contributed by atoms with Gasteiger partial charge in [-0.15, -0.1) is 0 Å². The summed E-state index contributed by atoms with van der Waals surface area (Å²) in [5.74, 6) is -1.08. The number of fused-ring (bicyclic) bond motifs is 2. The zero-order valence-electron chi connectivity index (χ0n) is 17.3. The first-order valence-corrected chi connectivity index (χ1v) is 10.2. The Labute approximate surface area is 166 Å². The lowest BCUT2D eigenvalue weighted by Crippen LogP contribution is -2.40. The van der Waals surface area contributed by atoms with Gasteiger partial charge >= 0.3 is 11.9 Å². The number of rotatable bonds is 1. The van der Waals surface area contributed by atoms with E-state index in [-0.39, 0.29) is 23.5 Å². The second kappa shape index (κ2) is 7.64. The van der Waals surface area contributed by atoms with Crippen LogP contribution < -0.4 is 0 Å². The largest absolute Gasteiger partial charge is 0.458 e. The third-order valence-corrected chi connectivity index (χ3v) is 6.38. The topological polar surface area (TPSA) is 85.4 Å². The van der Waals surface area contributed by atoms with Crippen LogP contribution in [0.25, 0.3) is 0 Å². The molecule has 0 radical (unpaired) electrons. The van der Waals surface area contributed by atoms with Crippen LogP contribution in [-0.2, 0) is 23.8 Å². The van der Waals surface area contributed by atoms with Crippen LogP contribution in [0.3, 0.4) is 0 Å². The van der Waals surface area contributed by atoms with E-state index < -0.39 is 29.7 Å². The molecular weight excluding hydrogens is 360 g/mol. The molecule has 3 aliphatic rings. The van der Waals surface area contributed by atoms with Gasteiger partial charge in [-0.05, 0) is 51.9 Å². The van der Waals surface area contributed by atoms with Gasteiger partial charge in [0.05, 0.1) is 17.3 Å². The molecule has 6 nitrogen and oxygen atoms in total. The van der Waals surface area contributed by atoms with Crippen molar-refractivity contribution in [2.45, 2.75) is 89.3 Å². The summed E-state index contributed by atoms with van der Waals surface area (Å²) in [5.41, 5.74) is -0.786. The molecule has 3 rings (SSSR count). The highest BCUT2D eigenvalue weighted by molar-refractivity contribution is 5.91. The van der Waals surface area contributed by atoms with E-state index in [2.05, 4.69) is 6.58 Å². The number of carbonyl (C=O) groups excluding carboxylic acids is 2. The Bertz CT molecular complexity index is 681. The van der Waals surface area contributed by atoms with E-state index in [0.29, 0.717) is 24.8 Å². The SMILES string of the molecule is C=C1C(=O)O[C@H]2[C@@H](OC(C)=O)[C@H](C)CCCC(C)(O)/C=C\C[C@@]3(C)O[C@@H]3C[C@@H]12. The third-order valence-electron chi connectivity index (χ3n) is 6.38. The molecular formula is C22H32O6. The lowest BCUT2D eigenvalue weighted by molar-refractivity contribution is -0.165. The van der Waals surface area contributed by atoms with E-state index in [9.17, 15) is 14.7 Å². The quantitative estimate of drug-likeness (QED) is 0.319. The number of epoxide rings is 1. The molecule has 2 heterocycles. The molecule has 2 aliphatic heterocycles. The summed E-state index contributed by atoms with van der Waals surface area (Å²) in [4.78, 5) is 24.0. The van der Waals surface area contributed by atoms with Crippen molar-refractivity contribution < 1.29 is 28.9 Å². The number of hydrogen-bond acceptors (Lipinski definition) is 6. The zero-order chi connectivity index (χ0) is 20.7. The van der Waals surface area contributed by atoms with Gasteiger partial charge in [0, 0.05) is 18.4 Å². The first-order valence-electron chi connectivity index (χ1n) is 10.2. The lowest BCUT2D eigenvalue weighted by atomic mass is 9.81. The molecule has 2 fully saturated rings. The van der Waals surface area contributed by atoms with Crippen LogP contribution in [-0.4, -0.2) is 46.6 Å². The van der Waals surface area contributed by atoms with Crippen LogP contribution in [0, 0.1) is 11.8 Å². The lowest BCUT2D eigenvalue weighted by Gasteiger charge is -2.31. The van der Waals surface area contributed by atoms with Crippen molar-refractivity contribution in [1.82, 2.24) is 0 Å². The van der Waals surface area contributed by atoms with E-state index in [1.54, 1.807) is 6.92 Å². The second-order valence-electron chi connectivity index (χ2n) is 9.06. The molecule has 6 heteroatoms. The molecule has 7 atom stereocenters. The molecule has 0 amide bonds. The molecule has 0 bridgehead atoms. The van der Waals surface area contributed by atoms with Crippen molar-refractivity contribution >= 4 is 11.9 Å². The summed E-state index contributed by atoms with van der Waals surface area (Å²) < 4.78 is 17.2. The zero-order valence-corrected chi connectivity index (χ0v) is 17.3. The Kier molecular flexibility index (Phi) is 5.74. The van der Waals surface area contributed by atoms with Crippen molar-refractivity contribution in [3.05, 3.63) is 24.3 Å². The van der Waals surface area contributed by atoms with Gasteiger partial charge in [0.2, 0.25) is 0 Å². The summed E-state index contributed by atoms with van der Waals surface area (Å²) in [6.07, 6.45) is 6.10. The van der Waals surface area contributed by atoms with Crippen molar-refractivity contribution in [2.24, 2.45) is 11.8 Å². The summed E-state index contributed by atoms with van der Waals surface area (Å²) >= 11 is 0. The molecule has 28 heavy (non-hydrogen) atoms. The average molecular weight is 392 g/mol. The fourth-order valence-corrected chi connectivity index (χ4v) is 4.48. The first kappa shape index (κ1) is 21.1. The Morgan fingerprint density at radius 3 is 2.79 bits per heavy atom. The summed E-state index contributed by atoms with van der Waals surface area (Å²) in [6, 6.07) is 0. The number of ether oxygens (including phenoxy) is 3. The van der Waals surface area contributed by atoms with E-state index in [0.717, 1.165) is 12.8 Å². The molecule has 0 spiro atoms. The molecule has 0 aromatic carbocycles. The van der Waals surface area contributed by atoms with E-state index in [1.807, 2.05) is 26.0 Å². The van der Waals surface area contributed by atoms with Crippen LogP contribution in [0.15, 0.2) is 24.3 Å². The summed E-state index contributed by atoms with van der Waals surface area (Å²) in [6.45, 7) is 11.1. The molecule has 1 aliphatic carbocycles. The minimum absolute atomic E-state index is 0.0238. The Morgan fingerprint density at radius 1 is 1.39 bits per heavy atom. The van der Waals surface area contributed by atoms with Crippen LogP contribution in [0.5, 0.6) is 0 Å². The van der Waals surface area contributed by atoms with Crippen molar-refractivity contribution in [3.8, 4) is 0 Å². The summed E-state index contributed by atoms with van der Waals surface area (Å²) in [7, 11) is 0. The van der Waals surface area contributed by atoms with Crippen molar-refractivity contribution in [3.63, 3.8) is 0 Å². The number of esters is 2. The fraction of sp³-hybridized carbons (Fsp3) is 0.727. The van der Waals surface area contributed by atoms with Gasteiger partial charge in [0.25, 0.3) is 0 Å². The van der Waals surface area contributed by atoms with Gasteiger partial charge in [0.15, 0.2) is 0 Å². The molecule has 0 aromatic rings. The number of hydrogen-bond donors (Lipinski definition) is 1. The number of carbonyl (C=O) groups is 2. The molecule has 0 saturated carbocycles. The van der Waals surface area contributed by atoms with Gasteiger partial charge < -0.3 is 19.3 Å². The van der Waals surface area contributed by atoms with E-state index in [1.165, 1.54) is 6.92 Å². The first-order chi connectivity index (χ1) is 13.0. The second-order valence-corrected chi connectivity index (χ2v) is 9.06. The molecule has 1 N–H and O–H groups in total.